The van der Waals surface area contributed by atoms with Crippen LogP contribution in [-0.2, 0) is 16.6 Å². The number of H-pyrrole nitrogens is 2. The summed E-state index contributed by atoms with van der Waals surface area (Å²) in [6.45, 7) is 0.660. The van der Waals surface area contributed by atoms with Crippen LogP contribution in [0, 0.1) is 0 Å². The average molecular weight is 378 g/mol. The summed E-state index contributed by atoms with van der Waals surface area (Å²) in [5.74, 6) is 0.0592. The van der Waals surface area contributed by atoms with E-state index in [1.165, 1.54) is 5.56 Å². The Hall–Kier alpha value is -2.72. The highest BCUT2D eigenvalue weighted by Crippen LogP contribution is 2.50. The van der Waals surface area contributed by atoms with Crippen LogP contribution in [0.3, 0.4) is 0 Å². The number of benzene rings is 2. The SMILES string of the molecule is O=C(Cc1c[nH]c2ccccc12)NCC1(c2c[nH]c3ccc(Cl)cc23)CC1. The van der Waals surface area contributed by atoms with Crippen molar-refractivity contribution >= 4 is 39.3 Å². The van der Waals surface area contributed by atoms with Crippen LogP contribution >= 0.6 is 11.6 Å². The summed E-state index contributed by atoms with van der Waals surface area (Å²) in [6.07, 6.45) is 6.55. The van der Waals surface area contributed by atoms with E-state index in [0.717, 1.165) is 45.2 Å². The molecule has 1 aliphatic rings. The van der Waals surface area contributed by atoms with Crippen molar-refractivity contribution in [3.63, 3.8) is 0 Å². The van der Waals surface area contributed by atoms with E-state index in [4.69, 9.17) is 11.6 Å². The lowest BCUT2D eigenvalue weighted by atomic mass is 9.95. The minimum absolute atomic E-state index is 0.0266. The van der Waals surface area contributed by atoms with Crippen molar-refractivity contribution in [2.24, 2.45) is 0 Å². The average Bonchev–Trinajstić information content (AvgIpc) is 3.17. The van der Waals surface area contributed by atoms with Crippen molar-refractivity contribution < 1.29 is 4.79 Å². The lowest BCUT2D eigenvalue weighted by Gasteiger charge is -2.16. The standard InChI is InChI=1S/C22H20ClN3O/c23-15-5-6-20-17(10-15)18(12-25-20)22(7-8-22)13-26-21(27)9-14-11-24-19-4-2-1-3-16(14)19/h1-6,10-12,24-25H,7-9,13H2,(H,26,27). The van der Waals surface area contributed by atoms with Gasteiger partial charge in [0, 0.05) is 51.2 Å². The van der Waals surface area contributed by atoms with E-state index >= 15 is 0 Å². The minimum Gasteiger partial charge on any atom is -0.361 e. The number of para-hydroxylation sites is 1. The van der Waals surface area contributed by atoms with E-state index in [-0.39, 0.29) is 11.3 Å². The molecule has 0 unspecified atom stereocenters. The fourth-order valence-corrected chi connectivity index (χ4v) is 4.18. The van der Waals surface area contributed by atoms with Crippen LogP contribution < -0.4 is 5.32 Å². The van der Waals surface area contributed by atoms with Gasteiger partial charge in [-0.15, -0.1) is 0 Å². The second-order valence-corrected chi connectivity index (χ2v) is 7.92. The fraction of sp³-hybridized carbons (Fsp3) is 0.227. The number of aromatic nitrogens is 2. The maximum atomic E-state index is 12.6. The number of rotatable bonds is 5. The molecule has 27 heavy (non-hydrogen) atoms. The monoisotopic (exact) mass is 377 g/mol. The lowest BCUT2D eigenvalue weighted by molar-refractivity contribution is -0.120. The Morgan fingerprint density at radius 1 is 1.04 bits per heavy atom. The molecule has 2 heterocycles. The second kappa shape index (κ2) is 6.17. The number of hydrogen-bond acceptors (Lipinski definition) is 1. The van der Waals surface area contributed by atoms with Gasteiger partial charge in [-0.1, -0.05) is 29.8 Å². The zero-order valence-corrected chi connectivity index (χ0v) is 15.6. The third-order valence-corrected chi connectivity index (χ3v) is 5.95. The largest absolute Gasteiger partial charge is 0.361 e. The molecule has 4 nitrogen and oxygen atoms in total. The topological polar surface area (TPSA) is 60.7 Å². The molecule has 0 bridgehead atoms. The summed E-state index contributed by atoms with van der Waals surface area (Å²) in [6, 6.07) is 14.0. The number of halogens is 1. The third kappa shape index (κ3) is 2.90. The number of hydrogen-bond donors (Lipinski definition) is 3. The van der Waals surface area contributed by atoms with Gasteiger partial charge < -0.3 is 15.3 Å². The molecule has 3 N–H and O–H groups in total. The van der Waals surface area contributed by atoms with Gasteiger partial charge in [0.2, 0.25) is 5.91 Å². The molecule has 0 aliphatic heterocycles. The van der Waals surface area contributed by atoms with Gasteiger partial charge in [-0.25, -0.2) is 0 Å². The lowest BCUT2D eigenvalue weighted by Crippen LogP contribution is -2.33. The zero-order chi connectivity index (χ0) is 18.4. The Labute approximate surface area is 161 Å². The normalized spacial score (nSPS) is 15.3. The molecule has 2 aromatic carbocycles. The first-order valence-corrected chi connectivity index (χ1v) is 9.61. The summed E-state index contributed by atoms with van der Waals surface area (Å²) < 4.78 is 0. The summed E-state index contributed by atoms with van der Waals surface area (Å²) in [7, 11) is 0. The van der Waals surface area contributed by atoms with Gasteiger partial charge in [-0.3, -0.25) is 4.79 Å². The van der Waals surface area contributed by atoms with Crippen LogP contribution in [0.5, 0.6) is 0 Å². The number of aromatic amines is 2. The first-order valence-electron chi connectivity index (χ1n) is 9.23. The van der Waals surface area contributed by atoms with E-state index in [1.807, 2.05) is 48.7 Å². The molecule has 0 saturated heterocycles. The van der Waals surface area contributed by atoms with Crippen molar-refractivity contribution in [3.05, 3.63) is 71.0 Å². The number of amides is 1. The van der Waals surface area contributed by atoms with Crippen LogP contribution in [-0.4, -0.2) is 22.4 Å². The molecule has 0 spiro atoms. The number of nitrogens with one attached hydrogen (secondary N) is 3. The predicted octanol–water partition coefficient (Wildman–Crippen LogP) is 4.69. The Morgan fingerprint density at radius 2 is 1.81 bits per heavy atom. The maximum Gasteiger partial charge on any atom is 0.224 e. The number of carbonyl (C=O) groups is 1. The van der Waals surface area contributed by atoms with Gasteiger partial charge in [0.25, 0.3) is 0 Å². The Balaban J connectivity index is 1.32. The summed E-state index contributed by atoms with van der Waals surface area (Å²) in [5.41, 5.74) is 4.47. The van der Waals surface area contributed by atoms with Gasteiger partial charge >= 0.3 is 0 Å². The molecule has 1 fully saturated rings. The van der Waals surface area contributed by atoms with Crippen LogP contribution in [0.1, 0.15) is 24.0 Å². The molecule has 1 amide bonds. The highest BCUT2D eigenvalue weighted by atomic mass is 35.5. The van der Waals surface area contributed by atoms with Crippen LogP contribution in [0.25, 0.3) is 21.8 Å². The van der Waals surface area contributed by atoms with Gasteiger partial charge in [0.1, 0.15) is 0 Å². The summed E-state index contributed by atoms with van der Waals surface area (Å²) >= 11 is 6.19. The molecular formula is C22H20ClN3O. The van der Waals surface area contributed by atoms with Gasteiger partial charge in [-0.05, 0) is 48.2 Å². The summed E-state index contributed by atoms with van der Waals surface area (Å²) in [5, 5.41) is 6.16. The number of carbonyl (C=O) groups excluding carboxylic acids is 1. The predicted molar refractivity (Wildman–Crippen MR) is 109 cm³/mol. The third-order valence-electron chi connectivity index (χ3n) is 5.72. The van der Waals surface area contributed by atoms with E-state index in [9.17, 15) is 4.79 Å². The maximum absolute atomic E-state index is 12.6. The van der Waals surface area contributed by atoms with Crippen molar-refractivity contribution in [1.29, 1.82) is 0 Å². The van der Waals surface area contributed by atoms with Crippen LogP contribution in [0.15, 0.2) is 54.9 Å². The van der Waals surface area contributed by atoms with E-state index < -0.39 is 0 Å². The van der Waals surface area contributed by atoms with Gasteiger partial charge in [0.05, 0.1) is 6.42 Å². The fourth-order valence-electron chi connectivity index (χ4n) is 4.00. The molecule has 5 rings (SSSR count). The summed E-state index contributed by atoms with van der Waals surface area (Å²) in [4.78, 5) is 19.1. The first kappa shape index (κ1) is 16.5. The minimum atomic E-state index is 0.0266. The Bertz CT molecular complexity index is 1150. The van der Waals surface area contributed by atoms with Crippen LogP contribution in [0.2, 0.25) is 5.02 Å². The molecule has 4 aromatic rings. The van der Waals surface area contributed by atoms with Crippen molar-refractivity contribution in [2.45, 2.75) is 24.7 Å². The Kier molecular flexibility index (Phi) is 3.76. The van der Waals surface area contributed by atoms with Crippen LogP contribution in [0.4, 0.5) is 0 Å². The van der Waals surface area contributed by atoms with Gasteiger partial charge in [-0.2, -0.15) is 0 Å². The Morgan fingerprint density at radius 3 is 2.67 bits per heavy atom. The van der Waals surface area contributed by atoms with Gasteiger partial charge in [0.15, 0.2) is 0 Å². The highest BCUT2D eigenvalue weighted by molar-refractivity contribution is 6.31. The molecule has 0 atom stereocenters. The molecule has 0 radical (unpaired) electrons. The van der Waals surface area contributed by atoms with E-state index in [1.54, 1.807) is 0 Å². The van der Waals surface area contributed by atoms with E-state index in [2.05, 4.69) is 21.5 Å². The molecule has 5 heteroatoms. The van der Waals surface area contributed by atoms with Crippen molar-refractivity contribution in [1.82, 2.24) is 15.3 Å². The quantitative estimate of drug-likeness (QED) is 0.464. The van der Waals surface area contributed by atoms with Crippen molar-refractivity contribution in [2.75, 3.05) is 6.54 Å². The number of fused-ring (bicyclic) bond motifs is 2. The molecule has 2 aromatic heterocycles. The second-order valence-electron chi connectivity index (χ2n) is 7.49. The molecule has 1 saturated carbocycles. The molecule has 136 valence electrons. The van der Waals surface area contributed by atoms with Crippen molar-refractivity contribution in [3.8, 4) is 0 Å². The molecular weight excluding hydrogens is 358 g/mol. The highest BCUT2D eigenvalue weighted by Gasteiger charge is 2.45. The van der Waals surface area contributed by atoms with E-state index in [0.29, 0.717) is 13.0 Å². The zero-order valence-electron chi connectivity index (χ0n) is 14.8. The first-order chi connectivity index (χ1) is 13.1. The molecule has 1 aliphatic carbocycles. The smallest absolute Gasteiger partial charge is 0.224 e.